The van der Waals surface area contributed by atoms with Crippen molar-refractivity contribution in [3.8, 4) is 16.9 Å². The molecule has 0 aromatic heterocycles. The van der Waals surface area contributed by atoms with Gasteiger partial charge in [0.2, 0.25) is 10.0 Å². The van der Waals surface area contributed by atoms with E-state index in [0.29, 0.717) is 12.2 Å². The number of ether oxygens (including phenoxy) is 1. The van der Waals surface area contributed by atoms with Gasteiger partial charge < -0.3 is 15.2 Å². The van der Waals surface area contributed by atoms with Gasteiger partial charge in [-0.05, 0) is 49.9 Å². The average molecular weight is 447 g/mol. The highest BCUT2D eigenvalue weighted by Crippen LogP contribution is 2.31. The Balaban J connectivity index is 1.77. The van der Waals surface area contributed by atoms with E-state index < -0.39 is 16.0 Å². The van der Waals surface area contributed by atoms with E-state index in [2.05, 4.69) is 16.1 Å². The maximum atomic E-state index is 12.1. The molecule has 1 fully saturated rings. The second kappa shape index (κ2) is 10.7. The first kappa shape index (κ1) is 23.2. The number of sulfonamides is 1. The van der Waals surface area contributed by atoms with Gasteiger partial charge in [0.25, 0.3) is 0 Å². The molecule has 0 spiro atoms. The zero-order chi connectivity index (χ0) is 22.3. The maximum Gasteiger partial charge on any atom is 0.306 e. The van der Waals surface area contributed by atoms with Crippen LogP contribution in [-0.2, 0) is 21.2 Å². The number of nitrogens with one attached hydrogen (secondary N) is 2. The molecule has 0 saturated carbocycles. The van der Waals surface area contributed by atoms with Crippen LogP contribution in [0.2, 0.25) is 0 Å². The van der Waals surface area contributed by atoms with Crippen LogP contribution in [0.15, 0.2) is 48.5 Å². The summed E-state index contributed by atoms with van der Waals surface area (Å²) in [6.07, 6.45) is 2.40. The summed E-state index contributed by atoms with van der Waals surface area (Å²) in [7, 11) is -3.26. The van der Waals surface area contributed by atoms with Gasteiger partial charge in [-0.15, -0.1) is 0 Å². The third kappa shape index (κ3) is 6.78. The molecule has 3 rings (SSSR count). The van der Waals surface area contributed by atoms with E-state index in [1.807, 2.05) is 42.5 Å². The summed E-state index contributed by atoms with van der Waals surface area (Å²) >= 11 is 0. The zero-order valence-corrected chi connectivity index (χ0v) is 18.5. The van der Waals surface area contributed by atoms with Gasteiger partial charge in [0.1, 0.15) is 5.75 Å². The summed E-state index contributed by atoms with van der Waals surface area (Å²) in [6, 6.07) is 15.6. The Morgan fingerprint density at radius 2 is 2.03 bits per heavy atom. The Hall–Kier alpha value is -2.42. The number of carbonyl (C=O) groups is 1. The number of carboxylic acids is 1. The van der Waals surface area contributed by atoms with Crippen LogP contribution in [-0.4, -0.2) is 50.5 Å². The number of hydrogen-bond donors (Lipinski definition) is 3. The fourth-order valence-corrected chi connectivity index (χ4v) is 4.73. The lowest BCUT2D eigenvalue weighted by atomic mass is 9.92. The Morgan fingerprint density at radius 1 is 1.23 bits per heavy atom. The molecule has 8 heteroatoms. The van der Waals surface area contributed by atoms with Crippen molar-refractivity contribution in [3.63, 3.8) is 0 Å². The fourth-order valence-electron chi connectivity index (χ4n) is 3.82. The molecule has 1 aliphatic rings. The molecular formula is C23H30N2O5S. The lowest BCUT2D eigenvalue weighted by molar-refractivity contribution is -0.137. The number of para-hydroxylation sites is 1. The maximum absolute atomic E-state index is 12.1. The molecule has 1 heterocycles. The summed E-state index contributed by atoms with van der Waals surface area (Å²) in [4.78, 5) is 10.8. The van der Waals surface area contributed by atoms with Crippen LogP contribution in [0.3, 0.4) is 0 Å². The van der Waals surface area contributed by atoms with E-state index >= 15 is 0 Å². The van der Waals surface area contributed by atoms with Crippen LogP contribution >= 0.6 is 0 Å². The van der Waals surface area contributed by atoms with Crippen molar-refractivity contribution in [2.45, 2.75) is 44.7 Å². The predicted molar refractivity (Wildman–Crippen MR) is 121 cm³/mol. The molecule has 0 bridgehead atoms. The standard InChI is InChI=1S/C23H30N2O5S/c1-2-31(28,29)25-20-10-6-13-24-21(20)16-17-7-5-8-18(15-17)19-9-3-4-11-22(19)30-14-12-23(26)27/h3-5,7-9,11,15,20-21,24-25H,2,6,10,12-14,16H2,1H3,(H,26,27). The fraction of sp³-hybridized carbons (Fsp3) is 0.435. The molecule has 1 saturated heterocycles. The van der Waals surface area contributed by atoms with Gasteiger partial charge in [-0.25, -0.2) is 13.1 Å². The highest BCUT2D eigenvalue weighted by atomic mass is 32.2. The highest BCUT2D eigenvalue weighted by Gasteiger charge is 2.28. The molecular weight excluding hydrogens is 416 g/mol. The van der Waals surface area contributed by atoms with E-state index in [-0.39, 0.29) is 30.9 Å². The Bertz CT molecular complexity index is 993. The first-order valence-electron chi connectivity index (χ1n) is 10.6. The number of piperidine rings is 1. The predicted octanol–water partition coefficient (Wildman–Crippen LogP) is 2.81. The largest absolute Gasteiger partial charge is 0.492 e. The summed E-state index contributed by atoms with van der Waals surface area (Å²) < 4.78 is 32.7. The van der Waals surface area contributed by atoms with Crippen LogP contribution < -0.4 is 14.8 Å². The van der Waals surface area contributed by atoms with E-state index in [9.17, 15) is 13.2 Å². The molecule has 0 aliphatic carbocycles. The van der Waals surface area contributed by atoms with Crippen molar-refractivity contribution < 1.29 is 23.1 Å². The number of benzene rings is 2. The van der Waals surface area contributed by atoms with Gasteiger partial charge in [-0.1, -0.05) is 42.5 Å². The van der Waals surface area contributed by atoms with Gasteiger partial charge >= 0.3 is 5.97 Å². The summed E-state index contributed by atoms with van der Waals surface area (Å²) in [5.74, 6) is -0.178. The van der Waals surface area contributed by atoms with Gasteiger partial charge in [0, 0.05) is 17.6 Å². The Morgan fingerprint density at radius 3 is 2.81 bits per heavy atom. The molecule has 0 radical (unpaired) electrons. The van der Waals surface area contributed by atoms with E-state index in [0.717, 1.165) is 36.1 Å². The second-order valence-corrected chi connectivity index (χ2v) is 9.77. The van der Waals surface area contributed by atoms with Crippen LogP contribution in [0.4, 0.5) is 0 Å². The molecule has 1 aliphatic heterocycles. The Kier molecular flexibility index (Phi) is 8.06. The normalized spacial score (nSPS) is 19.1. The molecule has 168 valence electrons. The van der Waals surface area contributed by atoms with Crippen LogP contribution in [0, 0.1) is 0 Å². The van der Waals surface area contributed by atoms with E-state index in [1.165, 1.54) is 0 Å². The second-order valence-electron chi connectivity index (χ2n) is 7.72. The van der Waals surface area contributed by atoms with E-state index in [4.69, 9.17) is 9.84 Å². The number of hydrogen-bond acceptors (Lipinski definition) is 5. The van der Waals surface area contributed by atoms with Crippen LogP contribution in [0.1, 0.15) is 31.7 Å². The minimum atomic E-state index is -3.26. The van der Waals surface area contributed by atoms with Gasteiger partial charge in [-0.3, -0.25) is 4.79 Å². The molecule has 2 aromatic rings. The molecule has 0 amide bonds. The molecule has 2 aromatic carbocycles. The highest BCUT2D eigenvalue weighted by molar-refractivity contribution is 7.89. The molecule has 2 unspecified atom stereocenters. The monoisotopic (exact) mass is 446 g/mol. The number of aliphatic carboxylic acids is 1. The number of carboxylic acid groups (broad SMARTS) is 1. The smallest absolute Gasteiger partial charge is 0.306 e. The first-order valence-corrected chi connectivity index (χ1v) is 12.3. The zero-order valence-electron chi connectivity index (χ0n) is 17.7. The molecule has 3 N–H and O–H groups in total. The molecule has 7 nitrogen and oxygen atoms in total. The van der Waals surface area contributed by atoms with Crippen molar-refractivity contribution in [1.29, 1.82) is 0 Å². The Labute approximate surface area is 183 Å². The SMILES string of the molecule is CCS(=O)(=O)NC1CCCNC1Cc1cccc(-c2ccccc2OCCC(=O)O)c1. The van der Waals surface area contributed by atoms with Crippen molar-refractivity contribution >= 4 is 16.0 Å². The van der Waals surface area contributed by atoms with E-state index in [1.54, 1.807) is 6.92 Å². The minimum Gasteiger partial charge on any atom is -0.492 e. The van der Waals surface area contributed by atoms with Crippen LogP contribution in [0.5, 0.6) is 5.75 Å². The van der Waals surface area contributed by atoms with Crippen molar-refractivity contribution in [2.24, 2.45) is 0 Å². The third-order valence-corrected chi connectivity index (χ3v) is 6.87. The first-order chi connectivity index (χ1) is 14.9. The third-order valence-electron chi connectivity index (χ3n) is 5.45. The number of rotatable bonds is 10. The average Bonchev–Trinajstić information content (AvgIpc) is 2.75. The lowest BCUT2D eigenvalue weighted by Gasteiger charge is -2.33. The molecule has 2 atom stereocenters. The van der Waals surface area contributed by atoms with Crippen molar-refractivity contribution in [2.75, 3.05) is 18.9 Å². The van der Waals surface area contributed by atoms with Gasteiger partial charge in [0.05, 0.1) is 18.8 Å². The lowest BCUT2D eigenvalue weighted by Crippen LogP contribution is -2.54. The van der Waals surface area contributed by atoms with Crippen LogP contribution in [0.25, 0.3) is 11.1 Å². The summed E-state index contributed by atoms with van der Waals surface area (Å²) in [5.41, 5.74) is 2.97. The van der Waals surface area contributed by atoms with Gasteiger partial charge in [-0.2, -0.15) is 0 Å². The quantitative estimate of drug-likeness (QED) is 0.518. The molecule has 31 heavy (non-hydrogen) atoms. The summed E-state index contributed by atoms with van der Waals surface area (Å²) in [6.45, 7) is 2.62. The van der Waals surface area contributed by atoms with Gasteiger partial charge in [0.15, 0.2) is 0 Å². The van der Waals surface area contributed by atoms with Crippen molar-refractivity contribution in [1.82, 2.24) is 10.0 Å². The summed E-state index contributed by atoms with van der Waals surface area (Å²) in [5, 5.41) is 12.3. The minimum absolute atomic E-state index is 0.0207. The topological polar surface area (TPSA) is 105 Å². The van der Waals surface area contributed by atoms with Crippen molar-refractivity contribution in [3.05, 3.63) is 54.1 Å².